The van der Waals surface area contributed by atoms with Gasteiger partial charge >= 0.3 is 0 Å². The van der Waals surface area contributed by atoms with E-state index in [1.54, 1.807) is 18.2 Å². The molecule has 1 aromatic heterocycles. The number of nitrogens with zero attached hydrogens (tertiary/aromatic N) is 1. The van der Waals surface area contributed by atoms with Crippen LogP contribution in [0.3, 0.4) is 0 Å². The summed E-state index contributed by atoms with van der Waals surface area (Å²) in [6.07, 6.45) is 0. The first kappa shape index (κ1) is 12.7. The first-order chi connectivity index (χ1) is 8.63. The van der Waals surface area contributed by atoms with Crippen LogP contribution in [0.15, 0.2) is 36.4 Å². The van der Waals surface area contributed by atoms with E-state index in [1.807, 2.05) is 26.0 Å². The van der Waals surface area contributed by atoms with Crippen molar-refractivity contribution >= 4 is 0 Å². The van der Waals surface area contributed by atoms with Crippen molar-refractivity contribution in [3.05, 3.63) is 64.7 Å². The number of aromatic nitrogens is 1. The predicted molar refractivity (Wildman–Crippen MR) is 69.3 cm³/mol. The Balaban J connectivity index is 2.49. The minimum Gasteiger partial charge on any atom is -0.271 e. The fourth-order valence-corrected chi connectivity index (χ4v) is 2.06. The van der Waals surface area contributed by atoms with Gasteiger partial charge in [0.05, 0.1) is 6.04 Å². The molecule has 18 heavy (non-hydrogen) atoms. The van der Waals surface area contributed by atoms with Gasteiger partial charge in [-0.1, -0.05) is 24.3 Å². The van der Waals surface area contributed by atoms with Crippen LogP contribution in [-0.2, 0) is 0 Å². The molecule has 0 saturated carbocycles. The second-order valence-electron chi connectivity index (χ2n) is 4.25. The molecule has 0 radical (unpaired) electrons. The summed E-state index contributed by atoms with van der Waals surface area (Å²) >= 11 is 0. The Labute approximate surface area is 106 Å². The zero-order valence-electron chi connectivity index (χ0n) is 10.4. The van der Waals surface area contributed by atoms with Crippen molar-refractivity contribution in [1.29, 1.82) is 0 Å². The predicted octanol–water partition coefficient (Wildman–Crippen LogP) is 2.39. The number of hydrogen-bond donors (Lipinski definition) is 2. The van der Waals surface area contributed by atoms with Crippen LogP contribution in [0, 0.1) is 19.7 Å². The normalized spacial score (nSPS) is 12.4. The van der Waals surface area contributed by atoms with Gasteiger partial charge in [0.25, 0.3) is 0 Å². The lowest BCUT2D eigenvalue weighted by Gasteiger charge is -2.19. The molecule has 3 nitrogen and oxygen atoms in total. The Morgan fingerprint density at radius 2 is 1.83 bits per heavy atom. The molecule has 2 rings (SSSR count). The minimum absolute atomic E-state index is 0.277. The van der Waals surface area contributed by atoms with Gasteiger partial charge in [-0.2, -0.15) is 0 Å². The van der Waals surface area contributed by atoms with Crippen molar-refractivity contribution in [3.8, 4) is 0 Å². The lowest BCUT2D eigenvalue weighted by Crippen LogP contribution is -2.30. The fraction of sp³-hybridized carbons (Fsp3) is 0.214. The zero-order chi connectivity index (χ0) is 13.1. The molecule has 94 valence electrons. The average Bonchev–Trinajstić information content (AvgIpc) is 2.34. The summed E-state index contributed by atoms with van der Waals surface area (Å²) in [5.74, 6) is 5.29. The molecule has 1 atom stereocenters. The highest BCUT2D eigenvalue weighted by atomic mass is 19.1. The van der Waals surface area contributed by atoms with E-state index in [1.165, 1.54) is 6.07 Å². The molecule has 0 bridgehead atoms. The van der Waals surface area contributed by atoms with Crippen LogP contribution in [-0.4, -0.2) is 4.98 Å². The van der Waals surface area contributed by atoms with E-state index in [0.29, 0.717) is 5.56 Å². The molecule has 3 N–H and O–H groups in total. The van der Waals surface area contributed by atoms with E-state index >= 15 is 0 Å². The molecule has 1 unspecified atom stereocenters. The lowest BCUT2D eigenvalue weighted by molar-refractivity contribution is 0.557. The highest BCUT2D eigenvalue weighted by Crippen LogP contribution is 2.25. The second kappa shape index (κ2) is 5.25. The van der Waals surface area contributed by atoms with Gasteiger partial charge in [-0.25, -0.2) is 9.82 Å². The summed E-state index contributed by atoms with van der Waals surface area (Å²) in [6.45, 7) is 3.82. The maximum atomic E-state index is 13.8. The molecule has 0 spiro atoms. The highest BCUT2D eigenvalue weighted by molar-refractivity contribution is 5.35. The molecule has 2 aromatic rings. The first-order valence-corrected chi connectivity index (χ1v) is 5.78. The first-order valence-electron chi connectivity index (χ1n) is 5.78. The zero-order valence-corrected chi connectivity index (χ0v) is 10.4. The van der Waals surface area contributed by atoms with Crippen LogP contribution in [0.25, 0.3) is 0 Å². The van der Waals surface area contributed by atoms with Crippen LogP contribution in [0.4, 0.5) is 4.39 Å². The number of aryl methyl sites for hydroxylation is 2. The largest absolute Gasteiger partial charge is 0.271 e. The van der Waals surface area contributed by atoms with Gasteiger partial charge in [-0.05, 0) is 31.5 Å². The Morgan fingerprint density at radius 3 is 2.44 bits per heavy atom. The van der Waals surface area contributed by atoms with E-state index < -0.39 is 0 Å². The number of nitrogens with two attached hydrogens (primary N) is 1. The smallest absolute Gasteiger partial charge is 0.128 e. The maximum absolute atomic E-state index is 13.8. The Morgan fingerprint density at radius 1 is 1.11 bits per heavy atom. The maximum Gasteiger partial charge on any atom is 0.128 e. The van der Waals surface area contributed by atoms with Gasteiger partial charge in [-0.15, -0.1) is 0 Å². The molecular formula is C14H16FN3. The van der Waals surface area contributed by atoms with Crippen LogP contribution in [0.5, 0.6) is 0 Å². The summed E-state index contributed by atoms with van der Waals surface area (Å²) < 4.78 is 13.8. The molecule has 0 amide bonds. The Hall–Kier alpha value is -1.78. The SMILES string of the molecule is Cc1ccc(C(NN)c2ccccc2F)c(C)n1. The molecule has 0 aliphatic rings. The molecule has 1 aromatic carbocycles. The van der Waals surface area contributed by atoms with E-state index in [9.17, 15) is 4.39 Å². The number of rotatable bonds is 3. The van der Waals surface area contributed by atoms with Crippen LogP contribution >= 0.6 is 0 Å². The molecule has 0 fully saturated rings. The number of halogens is 1. The number of nitrogens with one attached hydrogen (secondary N) is 1. The monoisotopic (exact) mass is 245 g/mol. The lowest BCUT2D eigenvalue weighted by atomic mass is 9.97. The van der Waals surface area contributed by atoms with Gasteiger partial charge < -0.3 is 0 Å². The number of hydrogen-bond acceptors (Lipinski definition) is 3. The number of hydrazine groups is 1. The molecule has 0 aliphatic carbocycles. The van der Waals surface area contributed by atoms with Crippen molar-refractivity contribution < 1.29 is 4.39 Å². The van der Waals surface area contributed by atoms with Crippen molar-refractivity contribution in [1.82, 2.24) is 10.4 Å². The van der Waals surface area contributed by atoms with Gasteiger partial charge in [0.15, 0.2) is 0 Å². The second-order valence-corrected chi connectivity index (χ2v) is 4.25. The average molecular weight is 245 g/mol. The Bertz CT molecular complexity index is 554. The fourth-order valence-electron chi connectivity index (χ4n) is 2.06. The van der Waals surface area contributed by atoms with Crippen LogP contribution < -0.4 is 11.3 Å². The number of benzene rings is 1. The van der Waals surface area contributed by atoms with Gasteiger partial charge in [0.1, 0.15) is 5.82 Å². The molecule has 0 aliphatic heterocycles. The summed E-state index contributed by atoms with van der Waals surface area (Å²) in [7, 11) is 0. The highest BCUT2D eigenvalue weighted by Gasteiger charge is 2.18. The third-order valence-electron chi connectivity index (χ3n) is 2.96. The van der Waals surface area contributed by atoms with Crippen molar-refractivity contribution in [2.45, 2.75) is 19.9 Å². The van der Waals surface area contributed by atoms with E-state index in [2.05, 4.69) is 10.4 Å². The topological polar surface area (TPSA) is 50.9 Å². The summed E-state index contributed by atoms with van der Waals surface area (Å²) in [4.78, 5) is 4.38. The summed E-state index contributed by atoms with van der Waals surface area (Å²) in [5, 5.41) is 0. The Kier molecular flexibility index (Phi) is 3.69. The van der Waals surface area contributed by atoms with Gasteiger partial charge in [-0.3, -0.25) is 10.8 Å². The van der Waals surface area contributed by atoms with E-state index in [0.717, 1.165) is 17.0 Å². The van der Waals surface area contributed by atoms with E-state index in [4.69, 9.17) is 5.84 Å². The van der Waals surface area contributed by atoms with Crippen LogP contribution in [0.2, 0.25) is 0 Å². The van der Waals surface area contributed by atoms with Crippen molar-refractivity contribution in [3.63, 3.8) is 0 Å². The quantitative estimate of drug-likeness (QED) is 0.645. The van der Waals surface area contributed by atoms with Crippen LogP contribution in [0.1, 0.15) is 28.6 Å². The standard InChI is InChI=1S/C14H16FN3/c1-9-7-8-11(10(2)17-9)14(18-16)12-5-3-4-6-13(12)15/h3-8,14,18H,16H2,1-2H3. The summed E-state index contributed by atoms with van der Waals surface area (Å²) in [5.41, 5.74) is 5.84. The van der Waals surface area contributed by atoms with Gasteiger partial charge in [0, 0.05) is 17.0 Å². The van der Waals surface area contributed by atoms with Crippen molar-refractivity contribution in [2.24, 2.45) is 5.84 Å². The van der Waals surface area contributed by atoms with Crippen molar-refractivity contribution in [2.75, 3.05) is 0 Å². The molecule has 0 saturated heterocycles. The minimum atomic E-state index is -0.390. The van der Waals surface area contributed by atoms with Gasteiger partial charge in [0.2, 0.25) is 0 Å². The number of pyridine rings is 1. The molecule has 1 heterocycles. The molecule has 4 heteroatoms. The molecular weight excluding hydrogens is 229 g/mol. The third-order valence-corrected chi connectivity index (χ3v) is 2.96. The third kappa shape index (κ3) is 2.39. The van der Waals surface area contributed by atoms with E-state index in [-0.39, 0.29) is 11.9 Å². The summed E-state index contributed by atoms with van der Waals surface area (Å²) in [6, 6.07) is 10.0.